The summed E-state index contributed by atoms with van der Waals surface area (Å²) >= 11 is 0. The molecule has 18 heavy (non-hydrogen) atoms. The van der Waals surface area contributed by atoms with Crippen LogP contribution >= 0.6 is 0 Å². The topological polar surface area (TPSA) is 76.7 Å². The molecule has 1 aromatic rings. The van der Waals surface area contributed by atoms with Crippen LogP contribution in [0.3, 0.4) is 0 Å². The van der Waals surface area contributed by atoms with E-state index in [4.69, 9.17) is 15.2 Å². The molecule has 2 rings (SSSR count). The maximum atomic E-state index is 9.63. The molecule has 5 nitrogen and oxygen atoms in total. The molecule has 0 aromatic heterocycles. The van der Waals surface area contributed by atoms with Crippen molar-refractivity contribution in [3.63, 3.8) is 0 Å². The fraction of sp³-hybridized carbons (Fsp3) is 0.538. The Kier molecular flexibility index (Phi) is 3.93. The molecule has 0 amide bonds. The van der Waals surface area contributed by atoms with Crippen molar-refractivity contribution in [3.05, 3.63) is 18.2 Å². The summed E-state index contributed by atoms with van der Waals surface area (Å²) in [6, 6.07) is 5.59. The van der Waals surface area contributed by atoms with Crippen LogP contribution < -0.4 is 15.8 Å². The van der Waals surface area contributed by atoms with E-state index >= 15 is 0 Å². The molecule has 0 unspecified atom stereocenters. The Morgan fingerprint density at radius 2 is 2.17 bits per heavy atom. The Labute approximate surface area is 107 Å². The third-order valence-corrected chi connectivity index (χ3v) is 3.44. The number of ether oxygens (including phenoxy) is 2. The van der Waals surface area contributed by atoms with Crippen molar-refractivity contribution in [2.24, 2.45) is 0 Å². The zero-order chi connectivity index (χ0) is 13.0. The lowest BCUT2D eigenvalue weighted by Crippen LogP contribution is -2.47. The van der Waals surface area contributed by atoms with Crippen LogP contribution in [0.2, 0.25) is 0 Å². The van der Waals surface area contributed by atoms with Crippen LogP contribution in [-0.4, -0.2) is 37.6 Å². The molecular weight excluding hydrogens is 232 g/mol. The average molecular weight is 252 g/mol. The summed E-state index contributed by atoms with van der Waals surface area (Å²) in [6.45, 7) is 1.36. The van der Waals surface area contributed by atoms with Gasteiger partial charge in [-0.3, -0.25) is 0 Å². The Hall–Kier alpha value is -1.46. The Bertz CT molecular complexity index is 403. The monoisotopic (exact) mass is 252 g/mol. The quantitative estimate of drug-likeness (QED) is 0.703. The van der Waals surface area contributed by atoms with Gasteiger partial charge in [-0.05, 0) is 25.0 Å². The van der Waals surface area contributed by atoms with E-state index in [-0.39, 0.29) is 12.1 Å². The molecule has 5 heteroatoms. The van der Waals surface area contributed by atoms with Gasteiger partial charge < -0.3 is 25.6 Å². The van der Waals surface area contributed by atoms with E-state index in [1.54, 1.807) is 7.11 Å². The van der Waals surface area contributed by atoms with Crippen molar-refractivity contribution in [3.8, 4) is 5.75 Å². The molecule has 0 radical (unpaired) electrons. The molecule has 4 N–H and O–H groups in total. The third kappa shape index (κ3) is 2.52. The van der Waals surface area contributed by atoms with E-state index in [2.05, 4.69) is 5.32 Å². The van der Waals surface area contributed by atoms with Crippen LogP contribution in [0.1, 0.15) is 12.8 Å². The second kappa shape index (κ2) is 5.46. The first-order valence-electron chi connectivity index (χ1n) is 6.10. The van der Waals surface area contributed by atoms with E-state index in [9.17, 15) is 5.11 Å². The van der Waals surface area contributed by atoms with Crippen molar-refractivity contribution in [2.75, 3.05) is 38.0 Å². The fourth-order valence-corrected chi connectivity index (χ4v) is 2.20. The molecule has 0 spiro atoms. The second-order valence-corrected chi connectivity index (χ2v) is 4.60. The lowest BCUT2D eigenvalue weighted by Gasteiger charge is -2.37. The molecule has 0 aliphatic carbocycles. The number of nitrogens with two attached hydrogens (primary N) is 1. The van der Waals surface area contributed by atoms with Crippen molar-refractivity contribution >= 4 is 11.4 Å². The zero-order valence-electron chi connectivity index (χ0n) is 10.6. The van der Waals surface area contributed by atoms with Gasteiger partial charge in [0.1, 0.15) is 5.75 Å². The smallest absolute Gasteiger partial charge is 0.143 e. The molecule has 1 fully saturated rings. The predicted octanol–water partition coefficient (Wildman–Crippen LogP) is 1.23. The molecule has 0 bridgehead atoms. The van der Waals surface area contributed by atoms with E-state index < -0.39 is 0 Å². The van der Waals surface area contributed by atoms with Crippen molar-refractivity contribution in [1.82, 2.24) is 0 Å². The summed E-state index contributed by atoms with van der Waals surface area (Å²) in [4.78, 5) is 0. The lowest BCUT2D eigenvalue weighted by atomic mass is 9.90. The highest BCUT2D eigenvalue weighted by Gasteiger charge is 2.32. The number of benzene rings is 1. The summed E-state index contributed by atoms with van der Waals surface area (Å²) in [5, 5.41) is 13.0. The average Bonchev–Trinajstić information content (AvgIpc) is 2.42. The molecule has 100 valence electrons. The first-order chi connectivity index (χ1) is 8.71. The maximum absolute atomic E-state index is 9.63. The minimum Gasteiger partial charge on any atom is -0.495 e. The number of rotatable bonds is 4. The van der Waals surface area contributed by atoms with Gasteiger partial charge >= 0.3 is 0 Å². The van der Waals surface area contributed by atoms with Gasteiger partial charge in [0.2, 0.25) is 0 Å². The lowest BCUT2D eigenvalue weighted by molar-refractivity contribution is 0.0380. The second-order valence-electron chi connectivity index (χ2n) is 4.60. The van der Waals surface area contributed by atoms with E-state index in [0.717, 1.165) is 18.5 Å². The summed E-state index contributed by atoms with van der Waals surface area (Å²) in [5.74, 6) is 0.639. The first kappa shape index (κ1) is 13.0. The first-order valence-corrected chi connectivity index (χ1v) is 6.10. The number of nitrogens with one attached hydrogen (secondary N) is 1. The van der Waals surface area contributed by atoms with Crippen LogP contribution in [0.15, 0.2) is 18.2 Å². The fourth-order valence-electron chi connectivity index (χ4n) is 2.20. The number of para-hydroxylation sites is 1. The number of nitrogen functional groups attached to an aromatic ring is 1. The van der Waals surface area contributed by atoms with Crippen LogP contribution in [0.25, 0.3) is 0 Å². The molecule has 0 saturated carbocycles. The Balaban J connectivity index is 2.21. The van der Waals surface area contributed by atoms with Gasteiger partial charge in [0.15, 0.2) is 0 Å². The van der Waals surface area contributed by atoms with Gasteiger partial charge in [0, 0.05) is 13.2 Å². The Morgan fingerprint density at radius 1 is 1.44 bits per heavy atom. The molecule has 1 aliphatic heterocycles. The van der Waals surface area contributed by atoms with Crippen LogP contribution in [0.4, 0.5) is 11.4 Å². The Morgan fingerprint density at radius 3 is 2.78 bits per heavy atom. The number of methoxy groups -OCH3 is 1. The molecule has 1 saturated heterocycles. The molecule has 1 aromatic carbocycles. The van der Waals surface area contributed by atoms with E-state index in [1.165, 1.54) is 0 Å². The van der Waals surface area contributed by atoms with Crippen LogP contribution in [-0.2, 0) is 4.74 Å². The van der Waals surface area contributed by atoms with E-state index in [0.29, 0.717) is 24.7 Å². The summed E-state index contributed by atoms with van der Waals surface area (Å²) in [6.07, 6.45) is 1.53. The third-order valence-electron chi connectivity index (χ3n) is 3.44. The molecule has 1 heterocycles. The highest BCUT2D eigenvalue weighted by molar-refractivity contribution is 5.73. The van der Waals surface area contributed by atoms with Gasteiger partial charge in [-0.15, -0.1) is 0 Å². The highest BCUT2D eigenvalue weighted by Crippen LogP contribution is 2.33. The van der Waals surface area contributed by atoms with Crippen LogP contribution in [0, 0.1) is 0 Å². The summed E-state index contributed by atoms with van der Waals surface area (Å²) in [7, 11) is 1.59. The van der Waals surface area contributed by atoms with Gasteiger partial charge in [-0.25, -0.2) is 0 Å². The van der Waals surface area contributed by atoms with Crippen molar-refractivity contribution in [2.45, 2.75) is 18.4 Å². The van der Waals surface area contributed by atoms with Gasteiger partial charge in [-0.2, -0.15) is 0 Å². The molecule has 0 atom stereocenters. The van der Waals surface area contributed by atoms with Gasteiger partial charge in [0.25, 0.3) is 0 Å². The molecule has 1 aliphatic rings. The number of hydrogen-bond donors (Lipinski definition) is 3. The van der Waals surface area contributed by atoms with E-state index in [1.807, 2.05) is 18.2 Å². The van der Waals surface area contributed by atoms with Crippen molar-refractivity contribution in [1.29, 1.82) is 0 Å². The minimum atomic E-state index is -0.348. The zero-order valence-corrected chi connectivity index (χ0v) is 10.6. The van der Waals surface area contributed by atoms with Gasteiger partial charge in [0.05, 0.1) is 30.6 Å². The highest BCUT2D eigenvalue weighted by atomic mass is 16.5. The predicted molar refractivity (Wildman–Crippen MR) is 70.9 cm³/mol. The molecular formula is C13H20N2O3. The normalized spacial score (nSPS) is 18.3. The maximum Gasteiger partial charge on any atom is 0.143 e. The number of aliphatic hydroxyl groups is 1. The largest absolute Gasteiger partial charge is 0.495 e. The number of hydrogen-bond acceptors (Lipinski definition) is 5. The standard InChI is InChI=1S/C13H20N2O3/c1-17-11-4-2-3-10(12(11)14)15-13(9-16)5-7-18-8-6-13/h2-4,15-16H,5-9,14H2,1H3. The number of aliphatic hydroxyl groups excluding tert-OH is 1. The summed E-state index contributed by atoms with van der Waals surface area (Å²) < 4.78 is 10.5. The SMILES string of the molecule is COc1cccc(NC2(CO)CCOCC2)c1N. The van der Waals surface area contributed by atoms with Gasteiger partial charge in [-0.1, -0.05) is 6.07 Å². The number of anilines is 2. The van der Waals surface area contributed by atoms with Crippen LogP contribution in [0.5, 0.6) is 5.75 Å². The summed E-state index contributed by atoms with van der Waals surface area (Å²) in [5.41, 5.74) is 7.04. The minimum absolute atomic E-state index is 0.0625. The van der Waals surface area contributed by atoms with Crippen molar-refractivity contribution < 1.29 is 14.6 Å².